The Labute approximate surface area is 133 Å². The molecule has 0 unspecified atom stereocenters. The van der Waals surface area contributed by atoms with E-state index in [1.54, 1.807) is 6.07 Å². The van der Waals surface area contributed by atoms with Gasteiger partial charge in [-0.15, -0.1) is 0 Å². The molecule has 0 saturated carbocycles. The number of hydrogen-bond donors (Lipinski definition) is 3. The first-order chi connectivity index (χ1) is 9.76. The van der Waals surface area contributed by atoms with Gasteiger partial charge in [0.15, 0.2) is 16.6 Å². The summed E-state index contributed by atoms with van der Waals surface area (Å²) in [6.07, 6.45) is 0. The van der Waals surface area contributed by atoms with Crippen molar-refractivity contribution < 1.29 is 14.3 Å². The molecule has 0 atom stereocenters. The van der Waals surface area contributed by atoms with Gasteiger partial charge in [0.25, 0.3) is 5.91 Å². The van der Waals surface area contributed by atoms with Crippen molar-refractivity contribution in [3.63, 3.8) is 0 Å². The lowest BCUT2D eigenvalue weighted by molar-refractivity contribution is 0.0943. The number of carbonyl (C=O) groups excluding carboxylic acids is 1. The maximum absolute atomic E-state index is 12.1. The van der Waals surface area contributed by atoms with Crippen LogP contribution >= 0.6 is 23.8 Å². The minimum Gasteiger partial charge on any atom is -0.454 e. The predicted molar refractivity (Wildman–Crippen MR) is 83.7 cm³/mol. The molecule has 8 heteroatoms. The Morgan fingerprint density at radius 1 is 1.29 bits per heavy atom. The maximum atomic E-state index is 12.1. The summed E-state index contributed by atoms with van der Waals surface area (Å²) in [7, 11) is 0. The molecule has 0 saturated heterocycles. The van der Waals surface area contributed by atoms with Crippen LogP contribution in [0.15, 0.2) is 12.1 Å². The predicted octanol–water partition coefficient (Wildman–Crippen LogP) is 1.98. The summed E-state index contributed by atoms with van der Waals surface area (Å²) in [5.74, 6) is 0.516. The third kappa shape index (κ3) is 4.12. The molecule has 2 rings (SSSR count). The number of ether oxygens (including phenoxy) is 2. The second kappa shape index (κ2) is 5.95. The zero-order valence-electron chi connectivity index (χ0n) is 11.9. The second-order valence-corrected chi connectivity index (χ2v) is 6.29. The molecule has 0 aliphatic carbocycles. The fraction of sp³-hybridized carbons (Fsp3) is 0.385. The van der Waals surface area contributed by atoms with Crippen LogP contribution in [0.4, 0.5) is 0 Å². The number of nitrogens with one attached hydrogen (secondary N) is 3. The number of halogens is 1. The highest BCUT2D eigenvalue weighted by Crippen LogP contribution is 2.39. The van der Waals surface area contributed by atoms with Crippen molar-refractivity contribution in [2.24, 2.45) is 0 Å². The van der Waals surface area contributed by atoms with Crippen LogP contribution in [0, 0.1) is 0 Å². The summed E-state index contributed by atoms with van der Waals surface area (Å²) in [4.78, 5) is 12.1. The first kappa shape index (κ1) is 15.7. The fourth-order valence-electron chi connectivity index (χ4n) is 1.66. The van der Waals surface area contributed by atoms with Gasteiger partial charge < -0.3 is 14.8 Å². The van der Waals surface area contributed by atoms with Crippen LogP contribution in [0.25, 0.3) is 0 Å². The minimum absolute atomic E-state index is 0.0952. The van der Waals surface area contributed by atoms with E-state index < -0.39 is 0 Å². The summed E-state index contributed by atoms with van der Waals surface area (Å²) < 4.78 is 10.4. The maximum Gasteiger partial charge on any atom is 0.269 e. The van der Waals surface area contributed by atoms with Crippen LogP contribution in [0.5, 0.6) is 11.5 Å². The smallest absolute Gasteiger partial charge is 0.269 e. The highest BCUT2D eigenvalue weighted by atomic mass is 35.5. The molecule has 1 aromatic carbocycles. The minimum atomic E-state index is -0.381. The molecule has 3 N–H and O–H groups in total. The Hall–Kier alpha value is -1.73. The number of benzene rings is 1. The average molecular weight is 330 g/mol. The third-order valence-electron chi connectivity index (χ3n) is 2.47. The van der Waals surface area contributed by atoms with Gasteiger partial charge in [-0.25, -0.2) is 0 Å². The molecule has 6 nitrogen and oxygen atoms in total. The van der Waals surface area contributed by atoms with Gasteiger partial charge in [-0.3, -0.25) is 15.6 Å². The lowest BCUT2D eigenvalue weighted by atomic mass is 10.1. The van der Waals surface area contributed by atoms with Crippen molar-refractivity contribution in [1.29, 1.82) is 0 Å². The number of carbonyl (C=O) groups is 1. The molecule has 1 aliphatic heterocycles. The van der Waals surface area contributed by atoms with Crippen molar-refractivity contribution >= 4 is 34.8 Å². The van der Waals surface area contributed by atoms with Crippen molar-refractivity contribution in [2.45, 2.75) is 26.3 Å². The summed E-state index contributed by atoms with van der Waals surface area (Å²) in [5, 5.41) is 3.66. The molecule has 0 aromatic heterocycles. The molecule has 1 heterocycles. The Morgan fingerprint density at radius 3 is 2.67 bits per heavy atom. The normalized spacial score (nSPS) is 12.8. The molecular formula is C13H16ClN3O3S. The van der Waals surface area contributed by atoms with E-state index in [4.69, 9.17) is 33.3 Å². The quantitative estimate of drug-likeness (QED) is 0.540. The third-order valence-corrected chi connectivity index (χ3v) is 2.95. The van der Waals surface area contributed by atoms with Crippen LogP contribution in [0.2, 0.25) is 5.02 Å². The second-order valence-electron chi connectivity index (χ2n) is 5.48. The van der Waals surface area contributed by atoms with E-state index in [2.05, 4.69) is 16.2 Å². The Bertz CT molecular complexity index is 587. The van der Waals surface area contributed by atoms with Gasteiger partial charge in [-0.1, -0.05) is 11.6 Å². The van der Waals surface area contributed by atoms with Gasteiger partial charge in [0, 0.05) is 11.1 Å². The molecule has 0 fully saturated rings. The molecule has 114 valence electrons. The first-order valence-electron chi connectivity index (χ1n) is 6.24. The zero-order chi connectivity index (χ0) is 15.6. The molecule has 21 heavy (non-hydrogen) atoms. The summed E-state index contributed by atoms with van der Waals surface area (Å²) >= 11 is 11.1. The highest BCUT2D eigenvalue weighted by Gasteiger charge is 2.21. The Balaban J connectivity index is 1.98. The number of hydrazine groups is 1. The molecular weight excluding hydrogens is 314 g/mol. The van der Waals surface area contributed by atoms with E-state index in [-0.39, 0.29) is 18.2 Å². The Kier molecular flexibility index (Phi) is 4.43. The van der Waals surface area contributed by atoms with E-state index >= 15 is 0 Å². The highest BCUT2D eigenvalue weighted by molar-refractivity contribution is 7.80. The first-order valence-corrected chi connectivity index (χ1v) is 7.02. The lowest BCUT2D eigenvalue weighted by Crippen LogP contribution is -2.52. The molecule has 1 aromatic rings. The topological polar surface area (TPSA) is 71.6 Å². The number of fused-ring (bicyclic) bond motifs is 1. The monoisotopic (exact) mass is 329 g/mol. The van der Waals surface area contributed by atoms with E-state index in [1.165, 1.54) is 6.07 Å². The van der Waals surface area contributed by atoms with Gasteiger partial charge in [-0.05, 0) is 45.1 Å². The van der Waals surface area contributed by atoms with E-state index in [9.17, 15) is 4.79 Å². The number of rotatable bonds is 1. The number of hydrogen-bond acceptors (Lipinski definition) is 4. The van der Waals surface area contributed by atoms with Gasteiger partial charge in [-0.2, -0.15) is 0 Å². The van der Waals surface area contributed by atoms with Crippen molar-refractivity contribution in [2.75, 3.05) is 6.79 Å². The summed E-state index contributed by atoms with van der Waals surface area (Å²) in [6.45, 7) is 5.97. The van der Waals surface area contributed by atoms with E-state index in [1.807, 2.05) is 20.8 Å². The van der Waals surface area contributed by atoms with Crippen molar-refractivity contribution in [3.8, 4) is 11.5 Å². The standard InChI is InChI=1S/C13H16ClN3O3S/c1-13(2,3)15-12(21)17-16-11(18)7-4-8(14)10-9(5-7)19-6-20-10/h4-5H,6H2,1-3H3,(H,16,18)(H2,15,17,21). The molecule has 0 radical (unpaired) electrons. The largest absolute Gasteiger partial charge is 0.454 e. The Morgan fingerprint density at radius 2 is 2.00 bits per heavy atom. The lowest BCUT2D eigenvalue weighted by Gasteiger charge is -2.23. The van der Waals surface area contributed by atoms with Crippen LogP contribution < -0.4 is 25.6 Å². The SMILES string of the molecule is CC(C)(C)NC(=S)NNC(=O)c1cc(Cl)c2c(c1)OCO2. The summed E-state index contributed by atoms with van der Waals surface area (Å²) in [5.41, 5.74) is 5.27. The molecule has 0 spiro atoms. The van der Waals surface area contributed by atoms with Crippen LogP contribution in [0.3, 0.4) is 0 Å². The van der Waals surface area contributed by atoms with Gasteiger partial charge in [0.2, 0.25) is 6.79 Å². The van der Waals surface area contributed by atoms with E-state index in [0.717, 1.165) is 0 Å². The number of thiocarbonyl (C=S) groups is 1. The van der Waals surface area contributed by atoms with Gasteiger partial charge in [0.1, 0.15) is 0 Å². The fourth-order valence-corrected chi connectivity index (χ4v) is 2.28. The zero-order valence-corrected chi connectivity index (χ0v) is 13.4. The van der Waals surface area contributed by atoms with Crippen LogP contribution in [0.1, 0.15) is 31.1 Å². The van der Waals surface area contributed by atoms with E-state index in [0.29, 0.717) is 27.2 Å². The van der Waals surface area contributed by atoms with Crippen LogP contribution in [-0.2, 0) is 0 Å². The van der Waals surface area contributed by atoms with Gasteiger partial charge >= 0.3 is 0 Å². The van der Waals surface area contributed by atoms with Crippen molar-refractivity contribution in [1.82, 2.24) is 16.2 Å². The van der Waals surface area contributed by atoms with Gasteiger partial charge in [0.05, 0.1) is 5.02 Å². The molecule has 1 amide bonds. The molecule has 1 aliphatic rings. The molecule has 0 bridgehead atoms. The van der Waals surface area contributed by atoms with Crippen molar-refractivity contribution in [3.05, 3.63) is 22.7 Å². The number of amides is 1. The summed E-state index contributed by atoms with van der Waals surface area (Å²) in [6, 6.07) is 3.07. The van der Waals surface area contributed by atoms with Crippen LogP contribution in [-0.4, -0.2) is 23.4 Å². The average Bonchev–Trinajstić information content (AvgIpc) is 2.82.